The number of benzene rings is 1. The average molecular weight is 362 g/mol. The first-order chi connectivity index (χ1) is 12.7. The molecule has 7 heteroatoms. The number of esters is 1. The van der Waals surface area contributed by atoms with Crippen molar-refractivity contribution in [2.45, 2.75) is 6.92 Å². The Labute approximate surface area is 153 Å². The smallest absolute Gasteiger partial charge is 0.348 e. The minimum Gasteiger partial charge on any atom is -0.462 e. The number of ether oxygens (including phenoxy) is 1. The number of rotatable bonds is 4. The molecule has 4 aromatic rings. The molecule has 0 saturated carbocycles. The van der Waals surface area contributed by atoms with Crippen molar-refractivity contribution in [2.24, 2.45) is 0 Å². The molecule has 0 aliphatic rings. The van der Waals surface area contributed by atoms with E-state index in [1.165, 1.54) is 17.5 Å². The zero-order valence-electron chi connectivity index (χ0n) is 13.9. The van der Waals surface area contributed by atoms with Crippen molar-refractivity contribution in [1.29, 1.82) is 5.26 Å². The molecule has 0 fully saturated rings. The van der Waals surface area contributed by atoms with Crippen molar-refractivity contribution in [3.8, 4) is 6.07 Å². The molecule has 2 N–H and O–H groups in total. The SMILES string of the molecule is CCOC(=O)c1cc2c(Nc3ccc4[nH]ccc4c3)c(C#N)cnc2s1. The van der Waals surface area contributed by atoms with E-state index in [0.29, 0.717) is 27.6 Å². The second kappa shape index (κ2) is 6.50. The van der Waals surface area contributed by atoms with Gasteiger partial charge in [-0.2, -0.15) is 5.26 Å². The Morgan fingerprint density at radius 3 is 3.08 bits per heavy atom. The Kier molecular flexibility index (Phi) is 4.03. The lowest BCUT2D eigenvalue weighted by molar-refractivity contribution is 0.0532. The van der Waals surface area contributed by atoms with Crippen molar-refractivity contribution in [3.05, 3.63) is 53.2 Å². The van der Waals surface area contributed by atoms with Crippen LogP contribution in [0.2, 0.25) is 0 Å². The van der Waals surface area contributed by atoms with Crippen LogP contribution < -0.4 is 5.32 Å². The Morgan fingerprint density at radius 1 is 1.38 bits per heavy atom. The Hall–Kier alpha value is -3.37. The number of anilines is 2. The zero-order valence-corrected chi connectivity index (χ0v) is 14.7. The third-order valence-corrected chi connectivity index (χ3v) is 5.00. The van der Waals surface area contributed by atoms with Gasteiger partial charge in [0.25, 0.3) is 0 Å². The number of hydrogen-bond donors (Lipinski definition) is 2. The van der Waals surface area contributed by atoms with Gasteiger partial charge < -0.3 is 15.0 Å². The Morgan fingerprint density at radius 2 is 2.27 bits per heavy atom. The second-order valence-electron chi connectivity index (χ2n) is 5.61. The molecule has 0 radical (unpaired) electrons. The van der Waals surface area contributed by atoms with Gasteiger partial charge >= 0.3 is 5.97 Å². The van der Waals surface area contributed by atoms with Gasteiger partial charge in [0.15, 0.2) is 0 Å². The van der Waals surface area contributed by atoms with E-state index in [9.17, 15) is 10.1 Å². The molecule has 3 aromatic heterocycles. The van der Waals surface area contributed by atoms with Crippen LogP contribution in [0.5, 0.6) is 0 Å². The van der Waals surface area contributed by atoms with Crippen molar-refractivity contribution in [1.82, 2.24) is 9.97 Å². The number of hydrogen-bond acceptors (Lipinski definition) is 6. The maximum Gasteiger partial charge on any atom is 0.348 e. The lowest BCUT2D eigenvalue weighted by atomic mass is 10.1. The van der Waals surface area contributed by atoms with Crippen molar-refractivity contribution >= 4 is 49.8 Å². The molecule has 6 nitrogen and oxygen atoms in total. The van der Waals surface area contributed by atoms with Gasteiger partial charge in [0, 0.05) is 34.4 Å². The van der Waals surface area contributed by atoms with Crippen molar-refractivity contribution in [3.63, 3.8) is 0 Å². The third-order valence-electron chi connectivity index (χ3n) is 3.98. The molecule has 0 unspecified atom stereocenters. The minimum absolute atomic E-state index is 0.311. The molecule has 0 aliphatic heterocycles. The summed E-state index contributed by atoms with van der Waals surface area (Å²) >= 11 is 1.25. The van der Waals surface area contributed by atoms with Gasteiger partial charge in [-0.25, -0.2) is 9.78 Å². The number of carbonyl (C=O) groups excluding carboxylic acids is 1. The van der Waals surface area contributed by atoms with E-state index in [-0.39, 0.29) is 5.97 Å². The predicted molar refractivity (Wildman–Crippen MR) is 102 cm³/mol. The van der Waals surface area contributed by atoms with Crippen LogP contribution in [0.3, 0.4) is 0 Å². The summed E-state index contributed by atoms with van der Waals surface area (Å²) in [6.07, 6.45) is 3.40. The topological polar surface area (TPSA) is 90.8 Å². The van der Waals surface area contributed by atoms with E-state index < -0.39 is 0 Å². The number of pyridine rings is 1. The molecule has 0 bridgehead atoms. The molecule has 0 spiro atoms. The summed E-state index contributed by atoms with van der Waals surface area (Å²) in [5.41, 5.74) is 2.94. The van der Waals surface area contributed by atoms with Gasteiger partial charge in [-0.15, -0.1) is 11.3 Å². The Bertz CT molecular complexity index is 1170. The van der Waals surface area contributed by atoms with Crippen LogP contribution in [0.25, 0.3) is 21.1 Å². The minimum atomic E-state index is -0.381. The highest BCUT2D eigenvalue weighted by Gasteiger charge is 2.17. The summed E-state index contributed by atoms with van der Waals surface area (Å²) in [7, 11) is 0. The first-order valence-corrected chi connectivity index (χ1v) is 8.85. The molecule has 0 atom stereocenters. The lowest BCUT2D eigenvalue weighted by Gasteiger charge is -2.09. The highest BCUT2D eigenvalue weighted by Crippen LogP contribution is 2.34. The molecule has 0 aliphatic carbocycles. The number of carbonyl (C=O) groups is 1. The second-order valence-corrected chi connectivity index (χ2v) is 6.64. The maximum atomic E-state index is 12.0. The summed E-state index contributed by atoms with van der Waals surface area (Å²) in [4.78, 5) is 20.6. The number of H-pyrrole nitrogens is 1. The number of thiophene rings is 1. The van der Waals surface area contributed by atoms with Crippen LogP contribution in [-0.4, -0.2) is 22.5 Å². The van der Waals surface area contributed by atoms with Gasteiger partial charge in [-0.05, 0) is 37.3 Å². The van der Waals surface area contributed by atoms with Crippen molar-refractivity contribution < 1.29 is 9.53 Å². The average Bonchev–Trinajstić information content (AvgIpc) is 3.28. The van der Waals surface area contributed by atoms with Gasteiger partial charge in [-0.1, -0.05) is 0 Å². The fraction of sp³-hybridized carbons (Fsp3) is 0.105. The first kappa shape index (κ1) is 16.1. The number of fused-ring (bicyclic) bond motifs is 2. The molecule has 0 saturated heterocycles. The standard InChI is InChI=1S/C19H14N4O2S/c1-2-25-19(24)16-8-14-17(12(9-20)10-22-18(14)26-16)23-13-3-4-15-11(7-13)5-6-21-15/h3-8,10,21H,2H2,1H3,(H,22,23). The van der Waals surface area contributed by atoms with Crippen LogP contribution in [-0.2, 0) is 4.74 Å². The molecular weight excluding hydrogens is 348 g/mol. The largest absolute Gasteiger partial charge is 0.462 e. The van der Waals surface area contributed by atoms with E-state index in [2.05, 4.69) is 21.4 Å². The highest BCUT2D eigenvalue weighted by molar-refractivity contribution is 7.20. The zero-order chi connectivity index (χ0) is 18.1. The maximum absolute atomic E-state index is 12.0. The summed E-state index contributed by atoms with van der Waals surface area (Å²) in [5, 5.41) is 14.6. The van der Waals surface area contributed by atoms with Crippen LogP contribution in [0.4, 0.5) is 11.4 Å². The van der Waals surface area contributed by atoms with Crippen LogP contribution in [0.1, 0.15) is 22.2 Å². The van der Waals surface area contributed by atoms with Crippen molar-refractivity contribution in [2.75, 3.05) is 11.9 Å². The van der Waals surface area contributed by atoms with Crippen LogP contribution >= 0.6 is 11.3 Å². The number of nitriles is 1. The van der Waals surface area contributed by atoms with E-state index >= 15 is 0 Å². The number of aromatic nitrogens is 2. The van der Waals surface area contributed by atoms with Crippen LogP contribution in [0, 0.1) is 11.3 Å². The summed E-state index contributed by atoms with van der Waals surface area (Å²) in [5.74, 6) is -0.381. The van der Waals surface area contributed by atoms with E-state index in [0.717, 1.165) is 22.0 Å². The van der Waals surface area contributed by atoms with E-state index in [4.69, 9.17) is 4.74 Å². The quantitative estimate of drug-likeness (QED) is 0.519. The number of aromatic amines is 1. The normalized spacial score (nSPS) is 10.8. The Balaban J connectivity index is 1.81. The van der Waals surface area contributed by atoms with Gasteiger partial charge in [0.05, 0.1) is 17.9 Å². The molecular formula is C19H14N4O2S. The lowest BCUT2D eigenvalue weighted by Crippen LogP contribution is -2.01. The monoisotopic (exact) mass is 362 g/mol. The first-order valence-electron chi connectivity index (χ1n) is 8.03. The molecule has 4 rings (SSSR count). The number of nitrogens with one attached hydrogen (secondary N) is 2. The molecule has 26 heavy (non-hydrogen) atoms. The summed E-state index contributed by atoms with van der Waals surface area (Å²) in [6.45, 7) is 2.08. The third kappa shape index (κ3) is 2.76. The molecule has 0 amide bonds. The highest BCUT2D eigenvalue weighted by atomic mass is 32.1. The summed E-state index contributed by atoms with van der Waals surface area (Å²) < 4.78 is 5.07. The number of nitrogens with zero attached hydrogens (tertiary/aromatic N) is 2. The molecule has 3 heterocycles. The fourth-order valence-corrected chi connectivity index (χ4v) is 3.69. The summed E-state index contributed by atoms with van der Waals surface area (Å²) in [6, 6.07) is 11.8. The van der Waals surface area contributed by atoms with Gasteiger partial charge in [-0.3, -0.25) is 0 Å². The van der Waals surface area contributed by atoms with E-state index in [1.54, 1.807) is 13.0 Å². The van der Waals surface area contributed by atoms with Gasteiger partial charge in [0.1, 0.15) is 15.8 Å². The van der Waals surface area contributed by atoms with Crippen LogP contribution in [0.15, 0.2) is 42.7 Å². The fourth-order valence-electron chi connectivity index (χ4n) is 2.79. The van der Waals surface area contributed by atoms with E-state index in [1.807, 2.05) is 30.5 Å². The van der Waals surface area contributed by atoms with Gasteiger partial charge in [0.2, 0.25) is 0 Å². The predicted octanol–water partition coefficient (Wildman–Crippen LogP) is 4.57. The molecule has 128 valence electrons. The molecule has 1 aromatic carbocycles.